The summed E-state index contributed by atoms with van der Waals surface area (Å²) in [6.07, 6.45) is 10.1. The molecule has 0 aliphatic rings. The summed E-state index contributed by atoms with van der Waals surface area (Å²) in [5.41, 5.74) is 11.9. The van der Waals surface area contributed by atoms with Gasteiger partial charge in [-0.1, -0.05) is 147 Å². The molecule has 3 atom stereocenters. The lowest BCUT2D eigenvalue weighted by atomic mass is 10.1. The van der Waals surface area contributed by atoms with E-state index in [1.807, 2.05) is 35.3 Å². The van der Waals surface area contributed by atoms with Gasteiger partial charge in [0.05, 0.1) is 0 Å². The number of hydrogen-bond acceptors (Lipinski definition) is 9. The Hall–Kier alpha value is -2.88. The molecule has 0 fully saturated rings. The number of aromatic nitrogens is 3. The lowest BCUT2D eigenvalue weighted by Gasteiger charge is -2.19. The van der Waals surface area contributed by atoms with Gasteiger partial charge in [0.15, 0.2) is 0 Å². The van der Waals surface area contributed by atoms with Crippen molar-refractivity contribution in [1.29, 1.82) is 0 Å². The number of unbranched alkanes of at least 4 members (excludes halogenated alkanes) is 3. The van der Waals surface area contributed by atoms with Crippen LogP contribution in [0.3, 0.4) is 0 Å². The number of thioether (sulfide) groups is 3. The van der Waals surface area contributed by atoms with Crippen molar-refractivity contribution in [3.63, 3.8) is 0 Å². The highest BCUT2D eigenvalue weighted by molar-refractivity contribution is 7.99. The van der Waals surface area contributed by atoms with Crippen LogP contribution in [0.25, 0.3) is 0 Å². The van der Waals surface area contributed by atoms with Crippen molar-refractivity contribution in [1.82, 2.24) is 15.0 Å². The van der Waals surface area contributed by atoms with E-state index in [0.29, 0.717) is 35.6 Å². The van der Waals surface area contributed by atoms with Crippen molar-refractivity contribution in [2.45, 2.75) is 153 Å². The van der Waals surface area contributed by atoms with Crippen LogP contribution < -0.4 is 14.2 Å². The van der Waals surface area contributed by atoms with Gasteiger partial charge in [-0.15, -0.1) is 15.0 Å². The first-order chi connectivity index (χ1) is 27.5. The van der Waals surface area contributed by atoms with Crippen LogP contribution >= 0.6 is 35.3 Å². The number of hydrogen-bond donors (Lipinski definition) is 0. The molecule has 0 amide bonds. The molecule has 9 heteroatoms. The van der Waals surface area contributed by atoms with E-state index in [1.165, 1.54) is 50.1 Å². The Balaban J connectivity index is 1.50. The van der Waals surface area contributed by atoms with Crippen LogP contribution in [0, 0.1) is 41.5 Å². The molecule has 4 aromatic rings. The lowest BCUT2D eigenvalue weighted by molar-refractivity contribution is 0.232. The molecular weight excluding hydrogens is 763 g/mol. The van der Waals surface area contributed by atoms with Crippen LogP contribution in [-0.4, -0.2) is 50.5 Å². The van der Waals surface area contributed by atoms with E-state index in [2.05, 4.69) is 117 Å². The first-order valence-corrected chi connectivity index (χ1v) is 24.4. The Bertz CT molecular complexity index is 1510. The van der Waals surface area contributed by atoms with E-state index < -0.39 is 0 Å². The van der Waals surface area contributed by atoms with Gasteiger partial charge in [-0.2, -0.15) is 35.3 Å². The van der Waals surface area contributed by atoms with E-state index in [-0.39, 0.29) is 18.0 Å². The second kappa shape index (κ2) is 25.6. The Labute approximate surface area is 358 Å². The average Bonchev–Trinajstić information content (AvgIpc) is 3.16. The zero-order valence-electron chi connectivity index (χ0n) is 36.3. The number of ether oxygens (including phenoxy) is 3. The zero-order chi connectivity index (χ0) is 41.0. The molecule has 3 unspecified atom stereocenters. The first kappa shape index (κ1) is 46.8. The van der Waals surface area contributed by atoms with Gasteiger partial charge in [0.2, 0.25) is 0 Å². The minimum absolute atomic E-state index is 0.268. The zero-order valence-corrected chi connectivity index (χ0v) is 38.8. The average molecular weight is 832 g/mol. The third-order valence-electron chi connectivity index (χ3n) is 9.71. The van der Waals surface area contributed by atoms with Crippen LogP contribution in [0.1, 0.15) is 129 Å². The summed E-state index contributed by atoms with van der Waals surface area (Å²) in [6, 6.07) is 21.2. The molecule has 312 valence electrons. The summed E-state index contributed by atoms with van der Waals surface area (Å²) in [5, 5.41) is 0.907. The molecular formula is C48H69N3O3S3. The minimum Gasteiger partial charge on any atom is -0.462 e. The Kier molecular flexibility index (Phi) is 21.0. The van der Waals surface area contributed by atoms with Gasteiger partial charge in [0.1, 0.15) is 19.8 Å². The highest BCUT2D eigenvalue weighted by Crippen LogP contribution is 2.28. The van der Waals surface area contributed by atoms with Gasteiger partial charge >= 0.3 is 18.0 Å². The van der Waals surface area contributed by atoms with Crippen LogP contribution in [-0.2, 0) is 17.3 Å². The highest BCUT2D eigenvalue weighted by Gasteiger charge is 2.19. The maximum atomic E-state index is 6.43. The number of aryl methyl sites for hydroxylation is 6. The monoisotopic (exact) mass is 831 g/mol. The van der Waals surface area contributed by atoms with E-state index in [9.17, 15) is 0 Å². The van der Waals surface area contributed by atoms with Crippen LogP contribution in [0.15, 0.2) is 54.6 Å². The molecule has 1 aromatic heterocycles. The fraction of sp³-hybridized carbons (Fsp3) is 0.562. The summed E-state index contributed by atoms with van der Waals surface area (Å²) in [6.45, 7) is 21.3. The summed E-state index contributed by atoms with van der Waals surface area (Å²) in [5.74, 6) is 2.83. The molecule has 0 radical (unpaired) electrons. The molecule has 3 aromatic carbocycles. The summed E-state index contributed by atoms with van der Waals surface area (Å²) < 4.78 is 19.3. The number of nitrogens with zero attached hydrogens (tertiary/aromatic N) is 3. The minimum atomic E-state index is 0.268. The van der Waals surface area contributed by atoms with Crippen LogP contribution in [0.4, 0.5) is 0 Å². The molecule has 0 aliphatic carbocycles. The topological polar surface area (TPSA) is 66.4 Å². The quantitative estimate of drug-likeness (QED) is 0.0584. The second-order valence-electron chi connectivity index (χ2n) is 15.8. The molecule has 4 rings (SSSR count). The van der Waals surface area contributed by atoms with Crippen LogP contribution in [0.5, 0.6) is 18.0 Å². The third kappa shape index (κ3) is 18.3. The molecule has 0 saturated carbocycles. The summed E-state index contributed by atoms with van der Waals surface area (Å²) in [7, 11) is 0. The fourth-order valence-corrected chi connectivity index (χ4v) is 10.3. The third-order valence-corrected chi connectivity index (χ3v) is 13.7. The second-order valence-corrected chi connectivity index (χ2v) is 19.7. The standard InChI is InChI=1S/C48H69N3O3S3/c1-10-13-16-43(55-31-40-22-34(4)19-35(5)23-40)28-52-46-49-47(53-29-44(17-14-11-2)56-32-41-24-36(6)20-37(7)25-41)51-48(50-46)54-30-45(18-15-12-3)57-33-42-26-38(8)21-39(9)27-42/h19-27,43-45H,10-18,28-33H2,1-9H3. The van der Waals surface area contributed by atoms with E-state index in [4.69, 9.17) is 29.2 Å². The van der Waals surface area contributed by atoms with Gasteiger partial charge < -0.3 is 14.2 Å². The number of rotatable bonds is 27. The van der Waals surface area contributed by atoms with E-state index in [1.54, 1.807) is 0 Å². The van der Waals surface area contributed by atoms with Crippen LogP contribution in [0.2, 0.25) is 0 Å². The highest BCUT2D eigenvalue weighted by atomic mass is 32.2. The van der Waals surface area contributed by atoms with Gasteiger partial charge in [-0.05, 0) is 77.5 Å². The van der Waals surface area contributed by atoms with E-state index >= 15 is 0 Å². The lowest BCUT2D eigenvalue weighted by Crippen LogP contribution is -2.20. The molecule has 0 saturated heterocycles. The SMILES string of the molecule is CCCCC(COc1nc(OCC(CCCC)SCc2cc(C)cc(C)c2)nc(OCC(CCCC)SCc2cc(C)cc(C)c2)n1)SCc1cc(C)cc(C)c1. The normalized spacial score (nSPS) is 13.0. The van der Waals surface area contributed by atoms with Crippen molar-refractivity contribution < 1.29 is 14.2 Å². The maximum Gasteiger partial charge on any atom is 0.325 e. The molecule has 6 nitrogen and oxygen atoms in total. The van der Waals surface area contributed by atoms with Gasteiger partial charge in [0.25, 0.3) is 0 Å². The Morgan fingerprint density at radius 1 is 0.404 bits per heavy atom. The number of benzene rings is 3. The summed E-state index contributed by atoms with van der Waals surface area (Å²) in [4.78, 5) is 14.2. The smallest absolute Gasteiger partial charge is 0.325 e. The maximum absolute atomic E-state index is 6.43. The Morgan fingerprint density at radius 3 is 0.877 bits per heavy atom. The van der Waals surface area contributed by atoms with Crippen molar-refractivity contribution in [2.75, 3.05) is 19.8 Å². The molecule has 0 spiro atoms. The van der Waals surface area contributed by atoms with Gasteiger partial charge in [0, 0.05) is 33.0 Å². The molecule has 0 aliphatic heterocycles. The van der Waals surface area contributed by atoms with Crippen molar-refractivity contribution in [3.05, 3.63) is 105 Å². The van der Waals surface area contributed by atoms with E-state index in [0.717, 1.165) is 75.0 Å². The molecule has 57 heavy (non-hydrogen) atoms. The molecule has 1 heterocycles. The summed E-state index contributed by atoms with van der Waals surface area (Å²) >= 11 is 5.85. The van der Waals surface area contributed by atoms with Crippen molar-refractivity contribution in [3.8, 4) is 18.0 Å². The first-order valence-electron chi connectivity index (χ1n) is 21.2. The largest absolute Gasteiger partial charge is 0.462 e. The predicted octanol–water partition coefficient (Wildman–Crippen LogP) is 13.3. The fourth-order valence-electron chi connectivity index (χ4n) is 7.06. The molecule has 0 bridgehead atoms. The van der Waals surface area contributed by atoms with Gasteiger partial charge in [-0.3, -0.25) is 0 Å². The molecule has 0 N–H and O–H groups in total. The Morgan fingerprint density at radius 2 is 0.649 bits per heavy atom. The van der Waals surface area contributed by atoms with Crippen molar-refractivity contribution in [2.24, 2.45) is 0 Å². The predicted molar refractivity (Wildman–Crippen MR) is 248 cm³/mol. The van der Waals surface area contributed by atoms with Gasteiger partial charge in [-0.25, -0.2) is 0 Å². The van der Waals surface area contributed by atoms with Crippen molar-refractivity contribution >= 4 is 35.3 Å².